The fourth-order valence-corrected chi connectivity index (χ4v) is 2.32. The van der Waals surface area contributed by atoms with Crippen LogP contribution in [0.1, 0.15) is 11.1 Å². The molecule has 2 aromatic rings. The van der Waals surface area contributed by atoms with Crippen LogP contribution in [0, 0.1) is 0 Å². The number of carbonyl (C=O) groups is 1. The van der Waals surface area contributed by atoms with Gasteiger partial charge in [-0.1, -0.05) is 36.4 Å². The minimum Gasteiger partial charge on any atom is -0.496 e. The van der Waals surface area contributed by atoms with Crippen molar-refractivity contribution in [2.24, 2.45) is 0 Å². The molecule has 5 nitrogen and oxygen atoms in total. The quantitative estimate of drug-likeness (QED) is 0.768. The number of para-hydroxylation sites is 2. The topological polar surface area (TPSA) is 59.6 Å². The van der Waals surface area contributed by atoms with E-state index in [4.69, 9.17) is 4.74 Å². The van der Waals surface area contributed by atoms with Gasteiger partial charge in [-0.3, -0.25) is 0 Å². The first-order valence-electron chi connectivity index (χ1n) is 7.76. The van der Waals surface area contributed by atoms with Gasteiger partial charge >= 0.3 is 12.6 Å². The molecule has 0 atom stereocenters. The third-order valence-corrected chi connectivity index (χ3v) is 3.50. The van der Waals surface area contributed by atoms with Crippen LogP contribution in [0.4, 0.5) is 13.6 Å². The molecule has 25 heavy (non-hydrogen) atoms. The number of methoxy groups -OCH3 is 1. The summed E-state index contributed by atoms with van der Waals surface area (Å²) in [5.74, 6) is 0.814. The zero-order valence-electron chi connectivity index (χ0n) is 13.8. The Bertz CT molecular complexity index is 696. The summed E-state index contributed by atoms with van der Waals surface area (Å²) in [6.45, 7) is -2.40. The van der Waals surface area contributed by atoms with E-state index in [0.29, 0.717) is 18.5 Å². The summed E-state index contributed by atoms with van der Waals surface area (Å²) >= 11 is 0. The first kappa shape index (κ1) is 18.5. The van der Waals surface area contributed by atoms with Crippen molar-refractivity contribution >= 4 is 6.03 Å². The van der Waals surface area contributed by atoms with Gasteiger partial charge in [0.15, 0.2) is 0 Å². The Balaban J connectivity index is 1.80. The van der Waals surface area contributed by atoms with Gasteiger partial charge in [0.05, 0.1) is 7.11 Å². The van der Waals surface area contributed by atoms with E-state index in [9.17, 15) is 13.6 Å². The van der Waals surface area contributed by atoms with Crippen molar-refractivity contribution in [2.75, 3.05) is 13.7 Å². The molecule has 2 amide bonds. The molecule has 0 heterocycles. The van der Waals surface area contributed by atoms with Crippen molar-refractivity contribution in [3.63, 3.8) is 0 Å². The van der Waals surface area contributed by atoms with E-state index in [2.05, 4.69) is 15.4 Å². The smallest absolute Gasteiger partial charge is 0.387 e. The Morgan fingerprint density at radius 2 is 1.64 bits per heavy atom. The number of halogens is 2. The molecule has 0 radical (unpaired) electrons. The van der Waals surface area contributed by atoms with Crippen molar-refractivity contribution < 1.29 is 23.0 Å². The predicted octanol–water partition coefficient (Wildman–Crippen LogP) is 3.34. The molecular weight excluding hydrogens is 330 g/mol. The molecule has 0 fully saturated rings. The fraction of sp³-hybridized carbons (Fsp3) is 0.278. The lowest BCUT2D eigenvalue weighted by atomic mass is 10.1. The monoisotopic (exact) mass is 350 g/mol. The number of benzene rings is 2. The number of hydrogen-bond donors (Lipinski definition) is 2. The second-order valence-electron chi connectivity index (χ2n) is 5.16. The molecule has 2 N–H and O–H groups in total. The molecule has 0 aliphatic carbocycles. The van der Waals surface area contributed by atoms with Gasteiger partial charge < -0.3 is 20.1 Å². The summed E-state index contributed by atoms with van der Waals surface area (Å²) in [6.07, 6.45) is 0.614. The van der Waals surface area contributed by atoms with Crippen molar-refractivity contribution in [3.05, 3.63) is 59.7 Å². The molecule has 0 saturated heterocycles. The van der Waals surface area contributed by atoms with Crippen LogP contribution >= 0.6 is 0 Å². The van der Waals surface area contributed by atoms with Gasteiger partial charge in [0.1, 0.15) is 11.5 Å². The van der Waals surface area contributed by atoms with E-state index in [1.807, 2.05) is 24.3 Å². The molecule has 0 bridgehead atoms. The highest BCUT2D eigenvalue weighted by molar-refractivity contribution is 5.73. The first-order chi connectivity index (χ1) is 12.1. The molecule has 0 aliphatic heterocycles. The maximum atomic E-state index is 12.4. The maximum absolute atomic E-state index is 12.4. The van der Waals surface area contributed by atoms with Gasteiger partial charge in [0, 0.05) is 18.7 Å². The number of hydrogen-bond acceptors (Lipinski definition) is 3. The zero-order valence-corrected chi connectivity index (χ0v) is 13.8. The molecule has 0 aliphatic rings. The summed E-state index contributed by atoms with van der Waals surface area (Å²) < 4.78 is 34.4. The summed E-state index contributed by atoms with van der Waals surface area (Å²) in [7, 11) is 1.60. The number of ether oxygens (including phenoxy) is 2. The highest BCUT2D eigenvalue weighted by atomic mass is 19.3. The van der Waals surface area contributed by atoms with Crippen molar-refractivity contribution in [3.8, 4) is 11.5 Å². The van der Waals surface area contributed by atoms with E-state index in [1.165, 1.54) is 6.07 Å². The largest absolute Gasteiger partial charge is 0.496 e. The highest BCUT2D eigenvalue weighted by Gasteiger charge is 2.10. The average Bonchev–Trinajstić information content (AvgIpc) is 2.61. The molecule has 0 unspecified atom stereocenters. The van der Waals surface area contributed by atoms with Crippen molar-refractivity contribution in [1.29, 1.82) is 0 Å². The number of rotatable bonds is 8. The van der Waals surface area contributed by atoms with Crippen LogP contribution in [0.5, 0.6) is 11.5 Å². The Morgan fingerprint density at radius 1 is 1.00 bits per heavy atom. The lowest BCUT2D eigenvalue weighted by molar-refractivity contribution is -0.0504. The van der Waals surface area contributed by atoms with Gasteiger partial charge in [0.2, 0.25) is 0 Å². The molecule has 0 saturated carbocycles. The van der Waals surface area contributed by atoms with Gasteiger partial charge in [-0.05, 0) is 24.1 Å². The Labute approximate surface area is 144 Å². The molecule has 0 aromatic heterocycles. The SMILES string of the molecule is COc1ccccc1CCNC(=O)NCc1ccccc1OC(F)F. The highest BCUT2D eigenvalue weighted by Crippen LogP contribution is 2.20. The Morgan fingerprint density at radius 3 is 2.32 bits per heavy atom. The summed E-state index contributed by atoms with van der Waals surface area (Å²) in [5, 5.41) is 5.34. The first-order valence-corrected chi connectivity index (χ1v) is 7.76. The third kappa shape index (κ3) is 5.95. The molecular formula is C18H20F2N2O3. The Kier molecular flexibility index (Phi) is 7.00. The van der Waals surface area contributed by atoms with Crippen LogP contribution in [0.15, 0.2) is 48.5 Å². The van der Waals surface area contributed by atoms with Gasteiger partial charge in [-0.2, -0.15) is 8.78 Å². The normalized spacial score (nSPS) is 10.4. The molecule has 7 heteroatoms. The standard InChI is InChI=1S/C18H20F2N2O3/c1-24-15-8-4-2-6-13(15)10-11-21-18(23)22-12-14-7-3-5-9-16(14)25-17(19)20/h2-9,17H,10-12H2,1H3,(H2,21,22,23). The van der Waals surface area contributed by atoms with Crippen LogP contribution in [0.25, 0.3) is 0 Å². The minimum absolute atomic E-state index is 0.0480. The summed E-state index contributed by atoms with van der Waals surface area (Å²) in [6, 6.07) is 13.5. The number of amides is 2. The van der Waals surface area contributed by atoms with Gasteiger partial charge in [-0.15, -0.1) is 0 Å². The number of carbonyl (C=O) groups excluding carboxylic acids is 1. The van der Waals surface area contributed by atoms with Gasteiger partial charge in [-0.25, -0.2) is 4.79 Å². The number of nitrogens with one attached hydrogen (secondary N) is 2. The number of alkyl halides is 2. The van der Waals surface area contributed by atoms with Crippen LogP contribution in [-0.4, -0.2) is 26.3 Å². The maximum Gasteiger partial charge on any atom is 0.387 e. The predicted molar refractivity (Wildman–Crippen MR) is 90.0 cm³/mol. The van der Waals surface area contributed by atoms with E-state index >= 15 is 0 Å². The van der Waals surface area contributed by atoms with Crippen LogP contribution in [-0.2, 0) is 13.0 Å². The lowest BCUT2D eigenvalue weighted by Crippen LogP contribution is -2.36. The molecule has 0 spiro atoms. The molecule has 134 valence electrons. The molecule has 2 rings (SSSR count). The second kappa shape index (κ2) is 9.46. The van der Waals surface area contributed by atoms with Crippen LogP contribution < -0.4 is 20.1 Å². The van der Waals surface area contributed by atoms with E-state index in [-0.39, 0.29) is 18.3 Å². The van der Waals surface area contributed by atoms with Crippen molar-refractivity contribution in [2.45, 2.75) is 19.6 Å². The third-order valence-electron chi connectivity index (χ3n) is 3.50. The lowest BCUT2D eigenvalue weighted by Gasteiger charge is -2.12. The Hall–Kier alpha value is -2.83. The fourth-order valence-electron chi connectivity index (χ4n) is 2.32. The summed E-state index contributed by atoms with van der Waals surface area (Å²) in [4.78, 5) is 11.9. The molecule has 2 aromatic carbocycles. The van der Waals surface area contributed by atoms with Gasteiger partial charge in [0.25, 0.3) is 0 Å². The average molecular weight is 350 g/mol. The van der Waals surface area contributed by atoms with Crippen LogP contribution in [0.2, 0.25) is 0 Å². The van der Waals surface area contributed by atoms with Crippen LogP contribution in [0.3, 0.4) is 0 Å². The van der Waals surface area contributed by atoms with E-state index in [0.717, 1.165) is 11.3 Å². The van der Waals surface area contributed by atoms with E-state index < -0.39 is 6.61 Å². The zero-order chi connectivity index (χ0) is 18.1. The second-order valence-corrected chi connectivity index (χ2v) is 5.16. The minimum atomic E-state index is -2.91. The summed E-state index contributed by atoms with van der Waals surface area (Å²) in [5.41, 5.74) is 1.46. The van der Waals surface area contributed by atoms with Crippen molar-refractivity contribution in [1.82, 2.24) is 10.6 Å². The van der Waals surface area contributed by atoms with E-state index in [1.54, 1.807) is 25.3 Å². The number of urea groups is 1.